The zero-order valence-electron chi connectivity index (χ0n) is 11.3. The average Bonchev–Trinajstić information content (AvgIpc) is 2.31. The monoisotopic (exact) mass is 237 g/mol. The Labute approximate surface area is 104 Å². The van der Waals surface area contributed by atoms with E-state index in [2.05, 4.69) is 24.0 Å². The topological polar surface area (TPSA) is 61.0 Å². The van der Waals surface area contributed by atoms with Gasteiger partial charge in [-0.2, -0.15) is 5.10 Å². The molecule has 1 heterocycles. The molecule has 4 heteroatoms. The molecule has 0 aromatic carbocycles. The van der Waals surface area contributed by atoms with E-state index in [1.165, 1.54) is 6.42 Å². The number of nitrogens with two attached hydrogens (primary N) is 1. The van der Waals surface area contributed by atoms with Gasteiger partial charge in [-0.3, -0.25) is 0 Å². The Bertz CT molecular complexity index is 366. The van der Waals surface area contributed by atoms with Crippen LogP contribution in [0.4, 0.5) is 0 Å². The van der Waals surface area contributed by atoms with E-state index in [1.807, 2.05) is 13.8 Å². The van der Waals surface area contributed by atoms with Gasteiger partial charge < -0.3 is 10.5 Å². The molecule has 0 fully saturated rings. The molecule has 0 aliphatic carbocycles. The Kier molecular flexibility index (Phi) is 5.35. The fourth-order valence-electron chi connectivity index (χ4n) is 1.79. The molecular weight excluding hydrogens is 214 g/mol. The molecule has 96 valence electrons. The third kappa shape index (κ3) is 3.66. The molecule has 1 aromatic heterocycles. The predicted octanol–water partition coefficient (Wildman–Crippen LogP) is 2.37. The molecule has 1 aromatic rings. The summed E-state index contributed by atoms with van der Waals surface area (Å²) >= 11 is 0. The van der Waals surface area contributed by atoms with Crippen LogP contribution in [-0.4, -0.2) is 16.8 Å². The van der Waals surface area contributed by atoms with Crippen molar-refractivity contribution in [1.82, 2.24) is 10.2 Å². The lowest BCUT2D eigenvalue weighted by Crippen LogP contribution is -2.14. The second kappa shape index (κ2) is 6.55. The largest absolute Gasteiger partial charge is 0.476 e. The lowest BCUT2D eigenvalue weighted by Gasteiger charge is -2.15. The van der Waals surface area contributed by atoms with E-state index in [4.69, 9.17) is 10.5 Å². The summed E-state index contributed by atoms with van der Waals surface area (Å²) < 4.78 is 5.72. The van der Waals surface area contributed by atoms with Crippen LogP contribution >= 0.6 is 0 Å². The molecule has 0 aliphatic rings. The van der Waals surface area contributed by atoms with Gasteiger partial charge in [0, 0.05) is 12.1 Å². The zero-order valence-corrected chi connectivity index (χ0v) is 11.3. The highest BCUT2D eigenvalue weighted by molar-refractivity contribution is 5.34. The molecule has 0 amide bonds. The van der Waals surface area contributed by atoms with Crippen LogP contribution in [0.5, 0.6) is 5.88 Å². The Morgan fingerprint density at radius 3 is 2.59 bits per heavy atom. The summed E-state index contributed by atoms with van der Waals surface area (Å²) in [5.41, 5.74) is 8.71. The van der Waals surface area contributed by atoms with E-state index in [1.54, 1.807) is 0 Å². The molecule has 2 N–H and O–H groups in total. The van der Waals surface area contributed by atoms with Gasteiger partial charge in [0.15, 0.2) is 0 Å². The molecule has 0 saturated heterocycles. The average molecular weight is 237 g/mol. The second-order valence-corrected chi connectivity index (χ2v) is 4.60. The van der Waals surface area contributed by atoms with Gasteiger partial charge in [-0.25, -0.2) is 0 Å². The van der Waals surface area contributed by atoms with Gasteiger partial charge in [0.25, 0.3) is 0 Å². The van der Waals surface area contributed by atoms with Crippen molar-refractivity contribution in [3.05, 3.63) is 16.8 Å². The zero-order chi connectivity index (χ0) is 12.8. The van der Waals surface area contributed by atoms with E-state index in [9.17, 15) is 0 Å². The van der Waals surface area contributed by atoms with Crippen molar-refractivity contribution in [3.8, 4) is 5.88 Å². The van der Waals surface area contributed by atoms with Crippen LogP contribution in [0, 0.1) is 19.8 Å². The fourth-order valence-corrected chi connectivity index (χ4v) is 1.79. The third-order valence-electron chi connectivity index (χ3n) is 3.03. The van der Waals surface area contributed by atoms with Crippen LogP contribution in [0.15, 0.2) is 0 Å². The van der Waals surface area contributed by atoms with Crippen molar-refractivity contribution in [2.45, 2.75) is 47.1 Å². The molecule has 0 radical (unpaired) electrons. The van der Waals surface area contributed by atoms with Crippen LogP contribution in [0.25, 0.3) is 0 Å². The Hall–Kier alpha value is -1.16. The third-order valence-corrected chi connectivity index (χ3v) is 3.03. The summed E-state index contributed by atoms with van der Waals surface area (Å²) in [6.07, 6.45) is 2.34. The minimum absolute atomic E-state index is 0.444. The minimum Gasteiger partial charge on any atom is -0.476 e. The normalized spacial score (nSPS) is 12.5. The maximum Gasteiger partial charge on any atom is 0.238 e. The smallest absolute Gasteiger partial charge is 0.238 e. The number of rotatable bonds is 6. The molecule has 0 spiro atoms. The summed E-state index contributed by atoms with van der Waals surface area (Å²) in [5, 5.41) is 8.17. The molecule has 0 saturated carbocycles. The summed E-state index contributed by atoms with van der Waals surface area (Å²) in [5.74, 6) is 1.13. The molecule has 17 heavy (non-hydrogen) atoms. The SMILES string of the molecule is CCCC(C)COc1nnc(C)c(C)c1CN. The predicted molar refractivity (Wildman–Crippen MR) is 69.0 cm³/mol. The second-order valence-electron chi connectivity index (χ2n) is 4.60. The molecule has 4 nitrogen and oxygen atoms in total. The summed E-state index contributed by atoms with van der Waals surface area (Å²) in [6.45, 7) is 9.43. The highest BCUT2D eigenvalue weighted by Crippen LogP contribution is 2.20. The summed E-state index contributed by atoms with van der Waals surface area (Å²) in [7, 11) is 0. The van der Waals surface area contributed by atoms with Gasteiger partial charge in [0.2, 0.25) is 5.88 Å². The lowest BCUT2D eigenvalue weighted by atomic mass is 10.1. The number of aryl methyl sites for hydroxylation is 1. The fraction of sp³-hybridized carbons (Fsp3) is 0.692. The molecule has 0 aliphatic heterocycles. The highest BCUT2D eigenvalue weighted by atomic mass is 16.5. The van der Waals surface area contributed by atoms with Gasteiger partial charge in [-0.1, -0.05) is 20.3 Å². The summed E-state index contributed by atoms with van der Waals surface area (Å²) in [4.78, 5) is 0. The van der Waals surface area contributed by atoms with Gasteiger partial charge in [-0.15, -0.1) is 5.10 Å². The standard InChI is InChI=1S/C13H23N3O/c1-5-6-9(2)8-17-13-12(7-14)10(3)11(4)15-16-13/h9H,5-8,14H2,1-4H3. The molecular formula is C13H23N3O. The van der Waals surface area contributed by atoms with E-state index in [0.717, 1.165) is 23.2 Å². The van der Waals surface area contributed by atoms with Crippen LogP contribution in [0.1, 0.15) is 43.5 Å². The van der Waals surface area contributed by atoms with E-state index < -0.39 is 0 Å². The quantitative estimate of drug-likeness (QED) is 0.825. The summed E-state index contributed by atoms with van der Waals surface area (Å²) in [6, 6.07) is 0. The minimum atomic E-state index is 0.444. The first-order valence-corrected chi connectivity index (χ1v) is 6.25. The van der Waals surface area contributed by atoms with Gasteiger partial charge in [0.05, 0.1) is 12.3 Å². The van der Waals surface area contributed by atoms with Crippen molar-refractivity contribution < 1.29 is 4.74 Å². The lowest BCUT2D eigenvalue weighted by molar-refractivity contribution is 0.238. The van der Waals surface area contributed by atoms with Crippen LogP contribution in [0.3, 0.4) is 0 Å². The van der Waals surface area contributed by atoms with Crippen molar-refractivity contribution >= 4 is 0 Å². The van der Waals surface area contributed by atoms with Crippen molar-refractivity contribution in [2.75, 3.05) is 6.61 Å². The number of hydrogen-bond donors (Lipinski definition) is 1. The van der Waals surface area contributed by atoms with E-state index in [-0.39, 0.29) is 0 Å². The van der Waals surface area contributed by atoms with Gasteiger partial charge in [0.1, 0.15) is 0 Å². The maximum absolute atomic E-state index is 5.74. The van der Waals surface area contributed by atoms with Crippen LogP contribution in [0.2, 0.25) is 0 Å². The van der Waals surface area contributed by atoms with Gasteiger partial charge in [-0.05, 0) is 31.7 Å². The Balaban J connectivity index is 2.74. The van der Waals surface area contributed by atoms with E-state index >= 15 is 0 Å². The molecule has 1 rings (SSSR count). The highest BCUT2D eigenvalue weighted by Gasteiger charge is 2.12. The van der Waals surface area contributed by atoms with Gasteiger partial charge >= 0.3 is 0 Å². The van der Waals surface area contributed by atoms with Crippen molar-refractivity contribution in [3.63, 3.8) is 0 Å². The maximum atomic E-state index is 5.74. The van der Waals surface area contributed by atoms with Crippen LogP contribution < -0.4 is 10.5 Å². The van der Waals surface area contributed by atoms with Crippen molar-refractivity contribution in [1.29, 1.82) is 0 Å². The first kappa shape index (κ1) is 13.9. The Morgan fingerprint density at radius 2 is 2.00 bits per heavy atom. The molecule has 1 unspecified atom stereocenters. The first-order valence-electron chi connectivity index (χ1n) is 6.25. The number of hydrogen-bond acceptors (Lipinski definition) is 4. The number of nitrogens with zero attached hydrogens (tertiary/aromatic N) is 2. The van der Waals surface area contributed by atoms with Crippen molar-refractivity contribution in [2.24, 2.45) is 11.7 Å². The Morgan fingerprint density at radius 1 is 1.29 bits per heavy atom. The molecule has 0 bridgehead atoms. The number of ether oxygens (including phenoxy) is 1. The molecule has 1 atom stereocenters. The van der Waals surface area contributed by atoms with E-state index in [0.29, 0.717) is 24.9 Å². The van der Waals surface area contributed by atoms with Crippen LogP contribution in [-0.2, 0) is 6.54 Å². The number of aromatic nitrogens is 2. The first-order chi connectivity index (χ1) is 8.10.